The van der Waals surface area contributed by atoms with Crippen molar-refractivity contribution in [3.63, 3.8) is 0 Å². The zero-order valence-corrected chi connectivity index (χ0v) is 7.43. The first kappa shape index (κ1) is 10.7. The second-order valence-electron chi connectivity index (χ2n) is 2.73. The van der Waals surface area contributed by atoms with Gasteiger partial charge in [-0.05, 0) is 18.2 Å². The van der Waals surface area contributed by atoms with E-state index in [0.29, 0.717) is 0 Å². The number of aromatic carboxylic acids is 2. The van der Waals surface area contributed by atoms with E-state index in [4.69, 9.17) is 15.9 Å². The molecule has 0 fully saturated rings. The summed E-state index contributed by atoms with van der Waals surface area (Å²) in [4.78, 5) is 32.1. The summed E-state index contributed by atoms with van der Waals surface area (Å²) in [6.45, 7) is 0. The fraction of sp³-hybridized carbons (Fsp3) is 0. The van der Waals surface area contributed by atoms with Crippen LogP contribution in [0.25, 0.3) is 0 Å². The molecule has 0 radical (unpaired) electrons. The number of hydrogen-bond acceptors (Lipinski definition) is 3. The minimum atomic E-state index is -1.40. The predicted molar refractivity (Wildman–Crippen MR) is 48.9 cm³/mol. The van der Waals surface area contributed by atoms with Crippen molar-refractivity contribution in [1.29, 1.82) is 0 Å². The second kappa shape index (κ2) is 3.79. The average molecular weight is 209 g/mol. The highest BCUT2D eigenvalue weighted by atomic mass is 16.4. The Bertz CT molecular complexity index is 452. The van der Waals surface area contributed by atoms with Crippen LogP contribution in [0.3, 0.4) is 0 Å². The maximum atomic E-state index is 10.8. The van der Waals surface area contributed by atoms with Crippen LogP contribution in [0.2, 0.25) is 0 Å². The number of carboxylic acid groups (broad SMARTS) is 2. The van der Waals surface area contributed by atoms with Gasteiger partial charge in [-0.1, -0.05) is 0 Å². The molecular formula is C9H7NO5. The minimum absolute atomic E-state index is 0.211. The largest absolute Gasteiger partial charge is 0.478 e. The molecule has 0 aliphatic rings. The first-order valence-electron chi connectivity index (χ1n) is 3.84. The normalized spacial score (nSPS) is 9.60. The maximum Gasteiger partial charge on any atom is 0.336 e. The summed E-state index contributed by atoms with van der Waals surface area (Å²) in [6.07, 6.45) is 0. The second-order valence-corrected chi connectivity index (χ2v) is 2.73. The van der Waals surface area contributed by atoms with E-state index < -0.39 is 23.4 Å². The fourth-order valence-corrected chi connectivity index (χ4v) is 1.07. The molecule has 0 aliphatic heterocycles. The molecule has 0 saturated heterocycles. The number of carbonyl (C=O) groups is 3. The molecule has 78 valence electrons. The molecule has 0 spiro atoms. The number of amides is 1. The van der Waals surface area contributed by atoms with Crippen molar-refractivity contribution in [3.8, 4) is 0 Å². The van der Waals surface area contributed by atoms with Crippen molar-refractivity contribution in [3.05, 3.63) is 34.9 Å². The standard InChI is InChI=1S/C9H7NO5/c10-7(11)5-2-1-4(8(12)13)3-6(5)9(14)15/h1-3H,(H2,10,11)(H,12,13)(H,14,15). The molecule has 1 aromatic carbocycles. The van der Waals surface area contributed by atoms with Crippen LogP contribution >= 0.6 is 0 Å². The van der Waals surface area contributed by atoms with Crippen molar-refractivity contribution in [1.82, 2.24) is 0 Å². The van der Waals surface area contributed by atoms with Gasteiger partial charge in [-0.25, -0.2) is 9.59 Å². The summed E-state index contributed by atoms with van der Waals surface area (Å²) in [5.74, 6) is -3.58. The average Bonchev–Trinajstić information content (AvgIpc) is 2.16. The Hall–Kier alpha value is -2.37. The fourth-order valence-electron chi connectivity index (χ4n) is 1.07. The van der Waals surface area contributed by atoms with Crippen LogP contribution in [-0.2, 0) is 0 Å². The molecule has 4 N–H and O–H groups in total. The molecule has 1 aromatic rings. The third kappa shape index (κ3) is 2.11. The molecule has 15 heavy (non-hydrogen) atoms. The van der Waals surface area contributed by atoms with Crippen molar-refractivity contribution < 1.29 is 24.6 Å². The van der Waals surface area contributed by atoms with Crippen LogP contribution in [0.4, 0.5) is 0 Å². The van der Waals surface area contributed by atoms with Crippen molar-refractivity contribution in [2.24, 2.45) is 5.73 Å². The van der Waals surface area contributed by atoms with Crippen molar-refractivity contribution >= 4 is 17.8 Å². The topological polar surface area (TPSA) is 118 Å². The van der Waals surface area contributed by atoms with E-state index in [1.165, 1.54) is 0 Å². The van der Waals surface area contributed by atoms with Gasteiger partial charge in [0.15, 0.2) is 0 Å². The lowest BCUT2D eigenvalue weighted by Crippen LogP contribution is -2.17. The monoisotopic (exact) mass is 209 g/mol. The van der Waals surface area contributed by atoms with E-state index >= 15 is 0 Å². The summed E-state index contributed by atoms with van der Waals surface area (Å²) in [5, 5.41) is 17.3. The van der Waals surface area contributed by atoms with Gasteiger partial charge < -0.3 is 15.9 Å². The Kier molecular flexibility index (Phi) is 2.70. The van der Waals surface area contributed by atoms with E-state index in [-0.39, 0.29) is 11.1 Å². The zero-order valence-electron chi connectivity index (χ0n) is 7.43. The molecular weight excluding hydrogens is 202 g/mol. The third-order valence-electron chi connectivity index (χ3n) is 1.76. The van der Waals surface area contributed by atoms with Gasteiger partial charge in [0.1, 0.15) is 0 Å². The van der Waals surface area contributed by atoms with Gasteiger partial charge in [0.2, 0.25) is 5.91 Å². The zero-order chi connectivity index (χ0) is 11.6. The number of rotatable bonds is 3. The molecule has 6 nitrogen and oxygen atoms in total. The summed E-state index contributed by atoms with van der Waals surface area (Å²) >= 11 is 0. The molecule has 0 saturated carbocycles. The summed E-state index contributed by atoms with van der Waals surface area (Å²) in [7, 11) is 0. The van der Waals surface area contributed by atoms with Crippen molar-refractivity contribution in [2.45, 2.75) is 0 Å². The number of primary amides is 1. The lowest BCUT2D eigenvalue weighted by atomic mass is 10.0. The molecule has 0 unspecified atom stereocenters. The number of hydrogen-bond donors (Lipinski definition) is 3. The highest BCUT2D eigenvalue weighted by Gasteiger charge is 2.16. The first-order valence-corrected chi connectivity index (χ1v) is 3.84. The van der Waals surface area contributed by atoms with Gasteiger partial charge >= 0.3 is 11.9 Å². The minimum Gasteiger partial charge on any atom is -0.478 e. The maximum absolute atomic E-state index is 10.8. The van der Waals surface area contributed by atoms with Gasteiger partial charge in [-0.2, -0.15) is 0 Å². The molecule has 1 amide bonds. The molecule has 0 aliphatic carbocycles. The van der Waals surface area contributed by atoms with Gasteiger partial charge in [0.25, 0.3) is 0 Å². The number of carboxylic acids is 2. The van der Waals surface area contributed by atoms with Crippen LogP contribution in [0.5, 0.6) is 0 Å². The Labute approximate surface area is 83.9 Å². The smallest absolute Gasteiger partial charge is 0.336 e. The Balaban J connectivity index is 3.40. The Morgan fingerprint density at radius 1 is 1.00 bits per heavy atom. The molecule has 0 bridgehead atoms. The number of nitrogens with two attached hydrogens (primary N) is 1. The SMILES string of the molecule is NC(=O)c1ccc(C(=O)O)cc1C(=O)O. The first-order chi connectivity index (χ1) is 6.93. The van der Waals surface area contributed by atoms with E-state index in [0.717, 1.165) is 18.2 Å². The Morgan fingerprint density at radius 3 is 2.00 bits per heavy atom. The van der Waals surface area contributed by atoms with Gasteiger partial charge in [0, 0.05) is 0 Å². The lowest BCUT2D eigenvalue weighted by molar-refractivity contribution is 0.0692. The van der Waals surface area contributed by atoms with Crippen LogP contribution in [-0.4, -0.2) is 28.1 Å². The Morgan fingerprint density at radius 2 is 1.60 bits per heavy atom. The lowest BCUT2D eigenvalue weighted by Gasteiger charge is -2.02. The quantitative estimate of drug-likeness (QED) is 0.656. The number of carbonyl (C=O) groups excluding carboxylic acids is 1. The molecule has 0 aromatic heterocycles. The molecule has 1 rings (SSSR count). The molecule has 0 atom stereocenters. The van der Waals surface area contributed by atoms with E-state index in [9.17, 15) is 14.4 Å². The van der Waals surface area contributed by atoms with E-state index in [1.54, 1.807) is 0 Å². The van der Waals surface area contributed by atoms with Crippen LogP contribution in [0.1, 0.15) is 31.1 Å². The highest BCUT2D eigenvalue weighted by Crippen LogP contribution is 2.12. The van der Waals surface area contributed by atoms with Crippen LogP contribution in [0.15, 0.2) is 18.2 Å². The molecule has 6 heteroatoms. The van der Waals surface area contributed by atoms with Crippen molar-refractivity contribution in [2.75, 3.05) is 0 Å². The van der Waals surface area contributed by atoms with Gasteiger partial charge in [0.05, 0.1) is 16.7 Å². The predicted octanol–water partition coefficient (Wildman–Crippen LogP) is 0.182. The van der Waals surface area contributed by atoms with E-state index in [1.807, 2.05) is 0 Å². The van der Waals surface area contributed by atoms with Crippen LogP contribution in [0, 0.1) is 0 Å². The number of benzene rings is 1. The van der Waals surface area contributed by atoms with Crippen LogP contribution < -0.4 is 5.73 Å². The highest BCUT2D eigenvalue weighted by molar-refractivity contribution is 6.05. The summed E-state index contributed by atoms with van der Waals surface area (Å²) < 4.78 is 0. The summed E-state index contributed by atoms with van der Waals surface area (Å²) in [5.41, 5.74) is 4.09. The van der Waals surface area contributed by atoms with Gasteiger partial charge in [-0.3, -0.25) is 4.79 Å². The van der Waals surface area contributed by atoms with Gasteiger partial charge in [-0.15, -0.1) is 0 Å². The summed E-state index contributed by atoms with van der Waals surface area (Å²) in [6, 6.07) is 3.09. The molecule has 0 heterocycles. The third-order valence-corrected chi connectivity index (χ3v) is 1.76. The van der Waals surface area contributed by atoms with E-state index in [2.05, 4.69) is 0 Å².